The quantitative estimate of drug-likeness (QED) is 0.514. The molecule has 1 aromatic carbocycles. The summed E-state index contributed by atoms with van der Waals surface area (Å²) >= 11 is 13.4. The van der Waals surface area contributed by atoms with Gasteiger partial charge in [-0.1, -0.05) is 48.4 Å². The molecular formula is C21H19Cl2N3O3S. The van der Waals surface area contributed by atoms with E-state index in [0.29, 0.717) is 50.1 Å². The number of thiazole rings is 1. The van der Waals surface area contributed by atoms with Gasteiger partial charge in [-0.3, -0.25) is 9.59 Å². The number of anilines is 1. The van der Waals surface area contributed by atoms with E-state index in [0.717, 1.165) is 12.1 Å². The largest absolute Gasteiger partial charge is 0.441 e. The van der Waals surface area contributed by atoms with Crippen molar-refractivity contribution in [1.82, 2.24) is 9.97 Å². The van der Waals surface area contributed by atoms with E-state index in [4.69, 9.17) is 27.6 Å². The molecule has 0 aliphatic heterocycles. The third kappa shape index (κ3) is 4.58. The number of ketones is 1. The highest BCUT2D eigenvalue weighted by molar-refractivity contribution is 7.17. The second-order valence-corrected chi connectivity index (χ2v) is 9.87. The molecular weight excluding hydrogens is 445 g/mol. The van der Waals surface area contributed by atoms with Crippen molar-refractivity contribution in [2.75, 3.05) is 5.32 Å². The Balaban J connectivity index is 1.37. The van der Waals surface area contributed by atoms with E-state index in [1.807, 2.05) is 13.8 Å². The monoisotopic (exact) mass is 463 g/mol. The zero-order valence-corrected chi connectivity index (χ0v) is 18.7. The maximum Gasteiger partial charge on any atom is 0.226 e. The summed E-state index contributed by atoms with van der Waals surface area (Å²) in [5, 5.41) is 4.24. The zero-order valence-electron chi connectivity index (χ0n) is 16.4. The number of aromatic nitrogens is 2. The van der Waals surface area contributed by atoms with E-state index in [2.05, 4.69) is 15.3 Å². The fourth-order valence-corrected chi connectivity index (χ4v) is 4.85. The van der Waals surface area contributed by atoms with Crippen molar-refractivity contribution in [1.29, 1.82) is 0 Å². The number of nitrogens with zero attached hydrogens (tertiary/aromatic N) is 2. The molecule has 9 heteroatoms. The van der Waals surface area contributed by atoms with Crippen LogP contribution in [0.3, 0.4) is 0 Å². The lowest BCUT2D eigenvalue weighted by Gasteiger charge is -2.26. The van der Waals surface area contributed by atoms with Crippen LogP contribution in [-0.2, 0) is 17.6 Å². The van der Waals surface area contributed by atoms with E-state index < -0.39 is 0 Å². The molecule has 1 aliphatic rings. The minimum absolute atomic E-state index is 0.0902. The number of carbonyl (C=O) groups excluding carboxylic acids is 2. The maximum atomic E-state index is 12.3. The van der Waals surface area contributed by atoms with Gasteiger partial charge in [0.25, 0.3) is 0 Å². The first-order chi connectivity index (χ1) is 14.2. The lowest BCUT2D eigenvalue weighted by Crippen LogP contribution is -2.26. The standard InChI is InChI=1S/C21H19Cl2N3O3S/c1-21(2)8-14-19(15(27)9-21)30-20(25-14)26-17(28)5-6-18-24-10-16(29-18)12-4-3-11(22)7-13(12)23/h3-4,7,10H,5-6,8-9H2,1-2H3,(H,25,26,28). The summed E-state index contributed by atoms with van der Waals surface area (Å²) in [5.74, 6) is 0.826. The molecule has 3 aromatic rings. The van der Waals surface area contributed by atoms with E-state index in [9.17, 15) is 9.59 Å². The fourth-order valence-electron chi connectivity index (χ4n) is 3.42. The van der Waals surface area contributed by atoms with Gasteiger partial charge >= 0.3 is 0 Å². The minimum atomic E-state index is -0.211. The molecule has 1 N–H and O–H groups in total. The molecule has 0 radical (unpaired) electrons. The number of halogens is 2. The molecule has 0 spiro atoms. The van der Waals surface area contributed by atoms with Gasteiger partial charge in [0, 0.05) is 29.8 Å². The van der Waals surface area contributed by atoms with Crippen LogP contribution < -0.4 is 5.32 Å². The van der Waals surface area contributed by atoms with Gasteiger partial charge in [0.15, 0.2) is 22.6 Å². The lowest BCUT2D eigenvalue weighted by atomic mass is 9.78. The average Bonchev–Trinajstić information content (AvgIpc) is 3.26. The first kappa shape index (κ1) is 21.0. The molecule has 0 fully saturated rings. The summed E-state index contributed by atoms with van der Waals surface area (Å²) in [6.45, 7) is 4.10. The van der Waals surface area contributed by atoms with E-state index >= 15 is 0 Å². The molecule has 156 valence electrons. The number of fused-ring (bicyclic) bond motifs is 1. The van der Waals surface area contributed by atoms with Gasteiger partial charge in [-0.05, 0) is 30.0 Å². The second-order valence-electron chi connectivity index (χ2n) is 8.03. The number of nitrogens with one attached hydrogen (secondary N) is 1. The predicted molar refractivity (Wildman–Crippen MR) is 117 cm³/mol. The fraction of sp³-hybridized carbons (Fsp3) is 0.333. The summed E-state index contributed by atoms with van der Waals surface area (Å²) in [5.41, 5.74) is 1.36. The van der Waals surface area contributed by atoms with Gasteiger partial charge in [-0.2, -0.15) is 0 Å². The summed E-state index contributed by atoms with van der Waals surface area (Å²) in [6.07, 6.45) is 3.31. The van der Waals surface area contributed by atoms with Crippen molar-refractivity contribution in [3.05, 3.63) is 50.9 Å². The van der Waals surface area contributed by atoms with Crippen molar-refractivity contribution >= 4 is 51.4 Å². The Morgan fingerprint density at radius 2 is 2.10 bits per heavy atom. The molecule has 1 aliphatic carbocycles. The topological polar surface area (TPSA) is 85.1 Å². The number of hydrogen-bond donors (Lipinski definition) is 1. The van der Waals surface area contributed by atoms with E-state index in [-0.39, 0.29) is 23.5 Å². The molecule has 30 heavy (non-hydrogen) atoms. The first-order valence-electron chi connectivity index (χ1n) is 9.43. The number of hydrogen-bond acceptors (Lipinski definition) is 6. The van der Waals surface area contributed by atoms with Crippen LogP contribution in [0.1, 0.15) is 47.9 Å². The van der Waals surface area contributed by atoms with Crippen LogP contribution in [0.15, 0.2) is 28.8 Å². The summed E-state index contributed by atoms with van der Waals surface area (Å²) in [7, 11) is 0. The number of rotatable bonds is 5. The molecule has 1 amide bonds. The number of amides is 1. The summed E-state index contributed by atoms with van der Waals surface area (Å²) in [6, 6.07) is 5.11. The van der Waals surface area contributed by atoms with E-state index in [1.165, 1.54) is 11.3 Å². The minimum Gasteiger partial charge on any atom is -0.441 e. The highest BCUT2D eigenvalue weighted by atomic mass is 35.5. The highest BCUT2D eigenvalue weighted by Gasteiger charge is 2.34. The van der Waals surface area contributed by atoms with Gasteiger partial charge in [-0.25, -0.2) is 9.97 Å². The Morgan fingerprint density at radius 1 is 1.30 bits per heavy atom. The van der Waals surface area contributed by atoms with Gasteiger partial charge in [-0.15, -0.1) is 0 Å². The van der Waals surface area contributed by atoms with Crippen LogP contribution in [0.2, 0.25) is 10.0 Å². The third-order valence-electron chi connectivity index (χ3n) is 4.80. The predicted octanol–water partition coefficient (Wildman–Crippen LogP) is 5.83. The normalized spacial score (nSPS) is 15.1. The molecule has 0 saturated carbocycles. The second kappa shape index (κ2) is 8.13. The zero-order chi connectivity index (χ0) is 21.5. The molecule has 0 atom stereocenters. The van der Waals surface area contributed by atoms with Crippen LogP contribution >= 0.6 is 34.5 Å². The van der Waals surface area contributed by atoms with Crippen molar-refractivity contribution < 1.29 is 14.0 Å². The lowest BCUT2D eigenvalue weighted by molar-refractivity contribution is -0.116. The van der Waals surface area contributed by atoms with Crippen LogP contribution in [0.4, 0.5) is 5.13 Å². The number of carbonyl (C=O) groups is 2. The Kier molecular flexibility index (Phi) is 5.70. The maximum absolute atomic E-state index is 12.3. The molecule has 4 rings (SSSR count). The Morgan fingerprint density at radius 3 is 2.87 bits per heavy atom. The van der Waals surface area contributed by atoms with Crippen molar-refractivity contribution in [3.63, 3.8) is 0 Å². The van der Waals surface area contributed by atoms with Crippen molar-refractivity contribution in [2.45, 2.75) is 39.5 Å². The van der Waals surface area contributed by atoms with Crippen molar-refractivity contribution in [3.8, 4) is 11.3 Å². The van der Waals surface area contributed by atoms with Gasteiger partial charge < -0.3 is 9.73 Å². The Labute approximate surface area is 187 Å². The van der Waals surface area contributed by atoms with Crippen molar-refractivity contribution in [2.24, 2.45) is 5.41 Å². The van der Waals surface area contributed by atoms with Gasteiger partial charge in [0.05, 0.1) is 21.8 Å². The molecule has 6 nitrogen and oxygen atoms in total. The number of Topliss-reactive ketones (excluding diaryl/α,β-unsaturated/α-hetero) is 1. The number of benzene rings is 1. The SMILES string of the molecule is CC1(C)CC(=O)c2sc(NC(=O)CCc3ncc(-c4ccc(Cl)cc4Cl)o3)nc2C1. The van der Waals surface area contributed by atoms with Crippen LogP contribution in [-0.4, -0.2) is 21.7 Å². The van der Waals surface area contributed by atoms with Crippen LogP contribution in [0, 0.1) is 5.41 Å². The average molecular weight is 464 g/mol. The van der Waals surface area contributed by atoms with Gasteiger partial charge in [0.1, 0.15) is 0 Å². The molecule has 0 bridgehead atoms. The van der Waals surface area contributed by atoms with E-state index in [1.54, 1.807) is 24.4 Å². The molecule has 0 unspecified atom stereocenters. The molecule has 2 aromatic heterocycles. The van der Waals surface area contributed by atoms with Crippen LogP contribution in [0.5, 0.6) is 0 Å². The molecule has 2 heterocycles. The Bertz CT molecular complexity index is 1140. The number of oxazole rings is 1. The summed E-state index contributed by atoms with van der Waals surface area (Å²) < 4.78 is 5.72. The summed E-state index contributed by atoms with van der Waals surface area (Å²) in [4.78, 5) is 34.0. The first-order valence-corrected chi connectivity index (χ1v) is 11.0. The highest BCUT2D eigenvalue weighted by Crippen LogP contribution is 2.38. The third-order valence-corrected chi connectivity index (χ3v) is 6.40. The van der Waals surface area contributed by atoms with Gasteiger partial charge in [0.2, 0.25) is 5.91 Å². The van der Waals surface area contributed by atoms with Crippen LogP contribution in [0.25, 0.3) is 11.3 Å². The molecule has 0 saturated heterocycles. The Hall–Kier alpha value is -2.22. The smallest absolute Gasteiger partial charge is 0.226 e. The number of aryl methyl sites for hydroxylation is 1.